The van der Waals surface area contributed by atoms with Crippen molar-refractivity contribution >= 4 is 23.5 Å². The van der Waals surface area contributed by atoms with Crippen molar-refractivity contribution < 1.29 is 19.1 Å². The molecule has 6 nitrogen and oxygen atoms in total. The minimum Gasteiger partial charge on any atom is -0.469 e. The second-order valence-corrected chi connectivity index (χ2v) is 6.14. The number of benzene rings is 1. The van der Waals surface area contributed by atoms with Crippen LogP contribution in [0.3, 0.4) is 0 Å². The number of anilines is 1. The number of hydrogen-bond donors (Lipinski definition) is 2. The van der Waals surface area contributed by atoms with Crippen molar-refractivity contribution in [1.82, 2.24) is 5.32 Å². The van der Waals surface area contributed by atoms with Gasteiger partial charge >= 0.3 is 5.97 Å². The molecular formula is C17H22N2O4. The Bertz CT molecular complexity index is 637. The predicted molar refractivity (Wildman–Crippen MR) is 86.1 cm³/mol. The molecule has 124 valence electrons. The molecule has 0 spiro atoms. The highest BCUT2D eigenvalue weighted by Gasteiger charge is 2.38. The van der Waals surface area contributed by atoms with Gasteiger partial charge in [0.15, 0.2) is 0 Å². The van der Waals surface area contributed by atoms with Crippen LogP contribution in [0.25, 0.3) is 0 Å². The highest BCUT2D eigenvalue weighted by molar-refractivity contribution is 6.05. The summed E-state index contributed by atoms with van der Waals surface area (Å²) in [6, 6.07) is 5.85. The average molecular weight is 318 g/mol. The quantitative estimate of drug-likeness (QED) is 0.779. The Kier molecular flexibility index (Phi) is 5.03. The van der Waals surface area contributed by atoms with E-state index >= 15 is 0 Å². The lowest BCUT2D eigenvalue weighted by Crippen LogP contribution is -2.27. The Labute approximate surface area is 135 Å². The van der Waals surface area contributed by atoms with Gasteiger partial charge < -0.3 is 15.4 Å². The van der Waals surface area contributed by atoms with Gasteiger partial charge in [-0.1, -0.05) is 12.1 Å². The number of hydrogen-bond acceptors (Lipinski definition) is 4. The predicted octanol–water partition coefficient (Wildman–Crippen LogP) is 1.53. The van der Waals surface area contributed by atoms with E-state index in [1.165, 1.54) is 7.11 Å². The van der Waals surface area contributed by atoms with Crippen LogP contribution in [0.2, 0.25) is 0 Å². The standard InChI is InChI=1S/C17H22N2O4/c1-17(2)12-10-11(4-5-13(12)19-16(17)22)8-9-18-14(20)6-7-15(21)23-3/h4-5,10H,6-9H2,1-3H3,(H,18,20)(H,19,22). The van der Waals surface area contributed by atoms with Gasteiger partial charge in [0.2, 0.25) is 11.8 Å². The third-order valence-corrected chi connectivity index (χ3v) is 4.09. The molecule has 0 atom stereocenters. The first kappa shape index (κ1) is 17.0. The SMILES string of the molecule is COC(=O)CCC(=O)NCCc1ccc2c(c1)C(C)(C)C(=O)N2. The molecule has 1 aliphatic rings. The Morgan fingerprint density at radius 1 is 1.26 bits per heavy atom. The summed E-state index contributed by atoms with van der Waals surface area (Å²) in [7, 11) is 1.30. The smallest absolute Gasteiger partial charge is 0.306 e. The first-order valence-corrected chi connectivity index (χ1v) is 7.63. The van der Waals surface area contributed by atoms with E-state index < -0.39 is 11.4 Å². The first-order valence-electron chi connectivity index (χ1n) is 7.63. The van der Waals surface area contributed by atoms with E-state index in [4.69, 9.17) is 0 Å². The zero-order valence-electron chi connectivity index (χ0n) is 13.7. The van der Waals surface area contributed by atoms with Gasteiger partial charge in [-0.15, -0.1) is 0 Å². The van der Waals surface area contributed by atoms with Gasteiger partial charge in [0, 0.05) is 18.7 Å². The monoisotopic (exact) mass is 318 g/mol. The van der Waals surface area contributed by atoms with Crippen LogP contribution in [0.5, 0.6) is 0 Å². The van der Waals surface area contributed by atoms with E-state index in [2.05, 4.69) is 15.4 Å². The molecule has 1 aromatic rings. The van der Waals surface area contributed by atoms with Crippen LogP contribution >= 0.6 is 0 Å². The van der Waals surface area contributed by atoms with Crippen LogP contribution in [-0.2, 0) is 31.0 Å². The van der Waals surface area contributed by atoms with Crippen molar-refractivity contribution in [1.29, 1.82) is 0 Å². The molecule has 6 heteroatoms. The number of fused-ring (bicyclic) bond motifs is 1. The van der Waals surface area contributed by atoms with Gasteiger partial charge in [0.1, 0.15) is 0 Å². The molecule has 0 aromatic heterocycles. The van der Waals surface area contributed by atoms with Crippen LogP contribution < -0.4 is 10.6 Å². The van der Waals surface area contributed by atoms with E-state index in [1.54, 1.807) is 0 Å². The zero-order valence-corrected chi connectivity index (χ0v) is 13.7. The number of carbonyl (C=O) groups excluding carboxylic acids is 3. The number of rotatable bonds is 6. The molecule has 2 amide bonds. The molecule has 0 fully saturated rings. The molecule has 2 N–H and O–H groups in total. The van der Waals surface area contributed by atoms with Gasteiger partial charge in [-0.3, -0.25) is 14.4 Å². The lowest BCUT2D eigenvalue weighted by molar-refractivity contribution is -0.142. The Hall–Kier alpha value is -2.37. The summed E-state index contributed by atoms with van der Waals surface area (Å²) in [6.07, 6.45) is 0.882. The van der Waals surface area contributed by atoms with Crippen LogP contribution in [0.15, 0.2) is 18.2 Å². The molecule has 1 aromatic carbocycles. The van der Waals surface area contributed by atoms with Gasteiger partial charge in [0.05, 0.1) is 18.9 Å². The molecule has 2 rings (SSSR count). The number of amides is 2. The summed E-state index contributed by atoms with van der Waals surface area (Å²) >= 11 is 0. The fraction of sp³-hybridized carbons (Fsp3) is 0.471. The number of esters is 1. The zero-order chi connectivity index (χ0) is 17.0. The molecule has 23 heavy (non-hydrogen) atoms. The maximum atomic E-state index is 11.9. The van der Waals surface area contributed by atoms with Crippen molar-refractivity contribution in [3.63, 3.8) is 0 Å². The summed E-state index contributed by atoms with van der Waals surface area (Å²) < 4.78 is 4.49. The van der Waals surface area contributed by atoms with E-state index in [1.807, 2.05) is 32.0 Å². The molecule has 0 saturated heterocycles. The van der Waals surface area contributed by atoms with Gasteiger partial charge in [-0.25, -0.2) is 0 Å². The van der Waals surface area contributed by atoms with E-state index in [0.717, 1.165) is 16.8 Å². The van der Waals surface area contributed by atoms with E-state index in [0.29, 0.717) is 13.0 Å². The lowest BCUT2D eigenvalue weighted by atomic mass is 9.85. The van der Waals surface area contributed by atoms with Gasteiger partial charge in [-0.2, -0.15) is 0 Å². The fourth-order valence-corrected chi connectivity index (χ4v) is 2.53. The van der Waals surface area contributed by atoms with Crippen molar-refractivity contribution in [3.8, 4) is 0 Å². The normalized spacial score (nSPS) is 14.8. The largest absolute Gasteiger partial charge is 0.469 e. The molecule has 1 aliphatic heterocycles. The van der Waals surface area contributed by atoms with Crippen LogP contribution in [0.1, 0.15) is 37.8 Å². The van der Waals surface area contributed by atoms with Crippen LogP contribution in [0, 0.1) is 0 Å². The number of ether oxygens (including phenoxy) is 1. The first-order chi connectivity index (χ1) is 10.8. The third kappa shape index (κ3) is 3.88. The minimum atomic E-state index is -0.533. The number of methoxy groups -OCH3 is 1. The van der Waals surface area contributed by atoms with Crippen LogP contribution in [-0.4, -0.2) is 31.4 Å². The highest BCUT2D eigenvalue weighted by Crippen LogP contribution is 2.37. The molecule has 0 radical (unpaired) electrons. The van der Waals surface area contributed by atoms with Crippen molar-refractivity contribution in [2.24, 2.45) is 0 Å². The number of carbonyl (C=O) groups is 3. The average Bonchev–Trinajstić information content (AvgIpc) is 2.75. The fourth-order valence-electron chi connectivity index (χ4n) is 2.53. The third-order valence-electron chi connectivity index (χ3n) is 4.09. The highest BCUT2D eigenvalue weighted by atomic mass is 16.5. The number of nitrogens with one attached hydrogen (secondary N) is 2. The Balaban J connectivity index is 1.86. The van der Waals surface area contributed by atoms with Crippen molar-refractivity contribution in [2.45, 2.75) is 38.5 Å². The van der Waals surface area contributed by atoms with E-state index in [9.17, 15) is 14.4 Å². The second-order valence-electron chi connectivity index (χ2n) is 6.14. The summed E-state index contributed by atoms with van der Waals surface area (Å²) in [5.41, 5.74) is 2.36. The summed E-state index contributed by atoms with van der Waals surface area (Å²) in [5, 5.41) is 5.65. The van der Waals surface area contributed by atoms with E-state index in [-0.39, 0.29) is 24.7 Å². The second kappa shape index (κ2) is 6.81. The molecule has 0 unspecified atom stereocenters. The minimum absolute atomic E-state index is 0.000707. The molecule has 1 heterocycles. The van der Waals surface area contributed by atoms with Gasteiger partial charge in [-0.05, 0) is 37.5 Å². The Morgan fingerprint density at radius 2 is 2.00 bits per heavy atom. The summed E-state index contributed by atoms with van der Waals surface area (Å²) in [5.74, 6) is -0.562. The molecular weight excluding hydrogens is 296 g/mol. The maximum Gasteiger partial charge on any atom is 0.306 e. The van der Waals surface area contributed by atoms with Gasteiger partial charge in [0.25, 0.3) is 0 Å². The lowest BCUT2D eigenvalue weighted by Gasteiger charge is -2.16. The van der Waals surface area contributed by atoms with Crippen molar-refractivity contribution in [2.75, 3.05) is 19.0 Å². The Morgan fingerprint density at radius 3 is 2.70 bits per heavy atom. The molecule has 0 bridgehead atoms. The van der Waals surface area contributed by atoms with Crippen molar-refractivity contribution in [3.05, 3.63) is 29.3 Å². The molecule has 0 aliphatic carbocycles. The topological polar surface area (TPSA) is 84.5 Å². The summed E-state index contributed by atoms with van der Waals surface area (Å²) in [4.78, 5) is 34.5. The summed E-state index contributed by atoms with van der Waals surface area (Å²) in [6.45, 7) is 4.28. The van der Waals surface area contributed by atoms with Crippen LogP contribution in [0.4, 0.5) is 5.69 Å². The maximum absolute atomic E-state index is 11.9. The molecule has 0 saturated carbocycles.